The fourth-order valence-electron chi connectivity index (χ4n) is 1.61. The molecule has 0 unspecified atom stereocenters. The van der Waals surface area contributed by atoms with Gasteiger partial charge in [-0.1, -0.05) is 6.07 Å². The monoisotopic (exact) mass is 322 g/mol. The van der Waals surface area contributed by atoms with E-state index in [-0.39, 0.29) is 11.5 Å². The number of nitrogens with zero attached hydrogens (tertiary/aromatic N) is 1. The van der Waals surface area contributed by atoms with Gasteiger partial charge in [0.05, 0.1) is 16.7 Å². The van der Waals surface area contributed by atoms with E-state index < -0.39 is 5.82 Å². The standard InChI is InChI=1S/C14H12BrFN2O/c1-9-3-2-6-17-13(9)8-18-14(19)10-4-5-11(15)12(16)7-10/h2-7H,8H2,1H3,(H,18,19). The molecule has 0 saturated carbocycles. The van der Waals surface area contributed by atoms with E-state index in [1.54, 1.807) is 12.3 Å². The molecule has 0 saturated heterocycles. The molecule has 1 heterocycles. The van der Waals surface area contributed by atoms with E-state index in [2.05, 4.69) is 26.2 Å². The van der Waals surface area contributed by atoms with Gasteiger partial charge in [0.1, 0.15) is 5.82 Å². The van der Waals surface area contributed by atoms with Gasteiger partial charge in [-0.3, -0.25) is 9.78 Å². The number of nitrogens with one attached hydrogen (secondary N) is 1. The lowest BCUT2D eigenvalue weighted by molar-refractivity contribution is 0.0950. The zero-order chi connectivity index (χ0) is 13.8. The Morgan fingerprint density at radius 1 is 1.42 bits per heavy atom. The molecule has 3 nitrogen and oxygen atoms in total. The number of aromatic nitrogens is 1. The van der Waals surface area contributed by atoms with Crippen molar-refractivity contribution in [2.75, 3.05) is 0 Å². The largest absolute Gasteiger partial charge is 0.346 e. The van der Waals surface area contributed by atoms with Crippen molar-refractivity contribution in [2.45, 2.75) is 13.5 Å². The summed E-state index contributed by atoms with van der Waals surface area (Å²) in [5, 5.41) is 2.72. The van der Waals surface area contributed by atoms with Crippen LogP contribution in [-0.4, -0.2) is 10.9 Å². The highest BCUT2D eigenvalue weighted by molar-refractivity contribution is 9.10. The molecule has 0 spiro atoms. The van der Waals surface area contributed by atoms with Gasteiger partial charge in [0, 0.05) is 11.8 Å². The van der Waals surface area contributed by atoms with E-state index >= 15 is 0 Å². The number of amides is 1. The van der Waals surface area contributed by atoms with E-state index in [9.17, 15) is 9.18 Å². The average molecular weight is 323 g/mol. The first-order valence-electron chi connectivity index (χ1n) is 5.71. The van der Waals surface area contributed by atoms with Crippen molar-refractivity contribution in [3.63, 3.8) is 0 Å². The van der Waals surface area contributed by atoms with Crippen LogP contribution in [-0.2, 0) is 6.54 Å². The molecule has 0 aliphatic heterocycles. The average Bonchev–Trinajstić information content (AvgIpc) is 2.40. The van der Waals surface area contributed by atoms with Crippen molar-refractivity contribution in [3.05, 3.63) is 63.6 Å². The van der Waals surface area contributed by atoms with Crippen LogP contribution in [0.15, 0.2) is 41.0 Å². The topological polar surface area (TPSA) is 42.0 Å². The SMILES string of the molecule is Cc1cccnc1CNC(=O)c1ccc(Br)c(F)c1. The van der Waals surface area contributed by atoms with Crippen LogP contribution in [0.2, 0.25) is 0 Å². The number of carbonyl (C=O) groups excluding carboxylic acids is 1. The van der Waals surface area contributed by atoms with Gasteiger partial charge < -0.3 is 5.32 Å². The lowest BCUT2D eigenvalue weighted by Gasteiger charge is -2.07. The molecule has 0 aliphatic carbocycles. The minimum atomic E-state index is -0.457. The highest BCUT2D eigenvalue weighted by Crippen LogP contribution is 2.16. The maximum Gasteiger partial charge on any atom is 0.251 e. The van der Waals surface area contributed by atoms with Gasteiger partial charge in [-0.05, 0) is 52.7 Å². The smallest absolute Gasteiger partial charge is 0.251 e. The number of rotatable bonds is 3. The molecule has 0 atom stereocenters. The molecule has 1 aromatic carbocycles. The van der Waals surface area contributed by atoms with Gasteiger partial charge in [-0.15, -0.1) is 0 Å². The second-order valence-electron chi connectivity index (χ2n) is 4.08. The molecule has 1 amide bonds. The third kappa shape index (κ3) is 3.38. The van der Waals surface area contributed by atoms with Gasteiger partial charge >= 0.3 is 0 Å². The number of halogens is 2. The number of aryl methyl sites for hydroxylation is 1. The third-order valence-electron chi connectivity index (χ3n) is 2.72. The number of carbonyl (C=O) groups is 1. The van der Waals surface area contributed by atoms with Crippen LogP contribution >= 0.6 is 15.9 Å². The number of hydrogen-bond donors (Lipinski definition) is 1. The Labute approximate surface area is 119 Å². The van der Waals surface area contributed by atoms with Crippen molar-refractivity contribution >= 4 is 21.8 Å². The molecular weight excluding hydrogens is 311 g/mol. The normalized spacial score (nSPS) is 10.3. The Balaban J connectivity index is 2.05. The second kappa shape index (κ2) is 5.93. The fraction of sp³-hybridized carbons (Fsp3) is 0.143. The van der Waals surface area contributed by atoms with E-state index in [1.807, 2.05) is 19.1 Å². The Hall–Kier alpha value is -1.75. The lowest BCUT2D eigenvalue weighted by atomic mass is 10.2. The predicted molar refractivity (Wildman–Crippen MR) is 74.2 cm³/mol. The third-order valence-corrected chi connectivity index (χ3v) is 3.36. The van der Waals surface area contributed by atoms with Gasteiger partial charge in [0.15, 0.2) is 0 Å². The number of pyridine rings is 1. The highest BCUT2D eigenvalue weighted by Gasteiger charge is 2.09. The van der Waals surface area contributed by atoms with Gasteiger partial charge in [0.25, 0.3) is 5.91 Å². The minimum Gasteiger partial charge on any atom is -0.346 e. The predicted octanol–water partition coefficient (Wildman–Crippen LogP) is 3.22. The molecule has 2 aromatic rings. The van der Waals surface area contributed by atoms with Crippen LogP contribution in [0.25, 0.3) is 0 Å². The quantitative estimate of drug-likeness (QED) is 0.942. The molecule has 0 radical (unpaired) electrons. The zero-order valence-corrected chi connectivity index (χ0v) is 11.9. The van der Waals surface area contributed by atoms with E-state index in [4.69, 9.17) is 0 Å². The molecule has 1 N–H and O–H groups in total. The summed E-state index contributed by atoms with van der Waals surface area (Å²) in [5.74, 6) is -0.780. The van der Waals surface area contributed by atoms with Crippen LogP contribution in [0.3, 0.4) is 0 Å². The van der Waals surface area contributed by atoms with Crippen LogP contribution in [0.4, 0.5) is 4.39 Å². The summed E-state index contributed by atoms with van der Waals surface area (Å²) in [5.41, 5.74) is 2.09. The van der Waals surface area contributed by atoms with Crippen molar-refractivity contribution in [3.8, 4) is 0 Å². The van der Waals surface area contributed by atoms with Crippen LogP contribution in [0.5, 0.6) is 0 Å². The molecule has 0 fully saturated rings. The molecular formula is C14H12BrFN2O. The fourth-order valence-corrected chi connectivity index (χ4v) is 1.85. The van der Waals surface area contributed by atoms with E-state index in [0.717, 1.165) is 11.3 Å². The van der Waals surface area contributed by atoms with Gasteiger partial charge in [0.2, 0.25) is 0 Å². The highest BCUT2D eigenvalue weighted by atomic mass is 79.9. The van der Waals surface area contributed by atoms with Crippen LogP contribution in [0, 0.1) is 12.7 Å². The summed E-state index contributed by atoms with van der Waals surface area (Å²) in [6.07, 6.45) is 1.67. The minimum absolute atomic E-state index is 0.286. The van der Waals surface area contributed by atoms with Crippen molar-refractivity contribution in [1.82, 2.24) is 10.3 Å². The van der Waals surface area contributed by atoms with Crippen molar-refractivity contribution in [2.24, 2.45) is 0 Å². The molecule has 2 rings (SSSR count). The summed E-state index contributed by atoms with van der Waals surface area (Å²) in [7, 11) is 0. The van der Waals surface area contributed by atoms with E-state index in [0.29, 0.717) is 11.0 Å². The maximum atomic E-state index is 13.3. The second-order valence-corrected chi connectivity index (χ2v) is 4.93. The summed E-state index contributed by atoms with van der Waals surface area (Å²) >= 11 is 3.05. The first-order valence-corrected chi connectivity index (χ1v) is 6.51. The van der Waals surface area contributed by atoms with Gasteiger partial charge in [-0.25, -0.2) is 4.39 Å². The molecule has 0 bridgehead atoms. The Morgan fingerprint density at radius 3 is 2.89 bits per heavy atom. The van der Waals surface area contributed by atoms with Crippen LogP contribution < -0.4 is 5.32 Å². The summed E-state index contributed by atoms with van der Waals surface area (Å²) in [6.45, 7) is 2.25. The summed E-state index contributed by atoms with van der Waals surface area (Å²) in [6, 6.07) is 8.03. The van der Waals surface area contributed by atoms with Crippen molar-refractivity contribution < 1.29 is 9.18 Å². The molecule has 1 aromatic heterocycles. The summed E-state index contributed by atoms with van der Waals surface area (Å²) in [4.78, 5) is 16.1. The molecule has 98 valence electrons. The first-order chi connectivity index (χ1) is 9.08. The Kier molecular flexibility index (Phi) is 4.27. The number of hydrogen-bond acceptors (Lipinski definition) is 2. The molecule has 0 aliphatic rings. The maximum absolute atomic E-state index is 13.3. The zero-order valence-electron chi connectivity index (χ0n) is 10.3. The Bertz CT molecular complexity index is 616. The lowest BCUT2D eigenvalue weighted by Crippen LogP contribution is -2.23. The summed E-state index contributed by atoms with van der Waals surface area (Å²) < 4.78 is 13.7. The van der Waals surface area contributed by atoms with Gasteiger partial charge in [-0.2, -0.15) is 0 Å². The number of benzene rings is 1. The van der Waals surface area contributed by atoms with Crippen LogP contribution in [0.1, 0.15) is 21.6 Å². The first kappa shape index (κ1) is 13.7. The molecule has 5 heteroatoms. The van der Waals surface area contributed by atoms with E-state index in [1.165, 1.54) is 12.1 Å². The molecule has 19 heavy (non-hydrogen) atoms. The van der Waals surface area contributed by atoms with Crippen molar-refractivity contribution in [1.29, 1.82) is 0 Å². The Morgan fingerprint density at radius 2 is 2.21 bits per heavy atom.